The SMILES string of the molecule is CC(C)NC(=O)C1CCN(c2nc3cccnc3s2)CC1. The quantitative estimate of drug-likeness (QED) is 0.946. The molecule has 0 radical (unpaired) electrons. The molecule has 5 nitrogen and oxygen atoms in total. The molecular weight excluding hydrogens is 284 g/mol. The predicted molar refractivity (Wildman–Crippen MR) is 85.6 cm³/mol. The van der Waals surface area contributed by atoms with Gasteiger partial charge in [-0.1, -0.05) is 11.3 Å². The monoisotopic (exact) mass is 304 g/mol. The molecule has 21 heavy (non-hydrogen) atoms. The average molecular weight is 304 g/mol. The van der Waals surface area contributed by atoms with Gasteiger partial charge in [-0.3, -0.25) is 4.79 Å². The van der Waals surface area contributed by atoms with Gasteiger partial charge < -0.3 is 10.2 Å². The van der Waals surface area contributed by atoms with Gasteiger partial charge in [0.25, 0.3) is 0 Å². The van der Waals surface area contributed by atoms with Crippen molar-refractivity contribution in [3.05, 3.63) is 18.3 Å². The third-order valence-electron chi connectivity index (χ3n) is 3.72. The van der Waals surface area contributed by atoms with Crippen LogP contribution in [0.4, 0.5) is 5.13 Å². The predicted octanol–water partition coefficient (Wildman–Crippen LogP) is 2.43. The van der Waals surface area contributed by atoms with Crippen LogP contribution >= 0.6 is 11.3 Å². The molecule has 6 heteroatoms. The van der Waals surface area contributed by atoms with Gasteiger partial charge in [0.2, 0.25) is 5.91 Å². The van der Waals surface area contributed by atoms with Crippen molar-refractivity contribution in [3.63, 3.8) is 0 Å². The lowest BCUT2D eigenvalue weighted by molar-refractivity contribution is -0.126. The first-order chi connectivity index (χ1) is 10.1. The Morgan fingerprint density at radius 1 is 1.43 bits per heavy atom. The van der Waals surface area contributed by atoms with Crippen molar-refractivity contribution in [2.45, 2.75) is 32.7 Å². The summed E-state index contributed by atoms with van der Waals surface area (Å²) in [5, 5.41) is 4.03. The molecule has 3 rings (SSSR count). The normalized spacial score (nSPS) is 16.6. The molecule has 0 unspecified atom stereocenters. The van der Waals surface area contributed by atoms with Crippen LogP contribution < -0.4 is 10.2 Å². The van der Waals surface area contributed by atoms with E-state index in [2.05, 4.69) is 20.2 Å². The number of piperidine rings is 1. The molecule has 1 aliphatic rings. The number of nitrogens with one attached hydrogen (secondary N) is 1. The molecule has 1 fully saturated rings. The van der Waals surface area contributed by atoms with Crippen LogP contribution in [0.15, 0.2) is 18.3 Å². The number of hydrogen-bond donors (Lipinski definition) is 1. The fraction of sp³-hybridized carbons (Fsp3) is 0.533. The lowest BCUT2D eigenvalue weighted by atomic mass is 9.96. The van der Waals surface area contributed by atoms with Crippen LogP contribution in [0.2, 0.25) is 0 Å². The molecule has 3 heterocycles. The minimum absolute atomic E-state index is 0.135. The van der Waals surface area contributed by atoms with Crippen molar-refractivity contribution >= 4 is 32.7 Å². The second-order valence-electron chi connectivity index (χ2n) is 5.75. The topological polar surface area (TPSA) is 58.1 Å². The fourth-order valence-electron chi connectivity index (χ4n) is 2.63. The van der Waals surface area contributed by atoms with Gasteiger partial charge in [-0.15, -0.1) is 0 Å². The highest BCUT2D eigenvalue weighted by atomic mass is 32.1. The average Bonchev–Trinajstić information content (AvgIpc) is 2.90. The van der Waals surface area contributed by atoms with E-state index in [9.17, 15) is 4.79 Å². The molecule has 2 aromatic rings. The molecular formula is C15H20N4OS. The van der Waals surface area contributed by atoms with Gasteiger partial charge in [-0.25, -0.2) is 9.97 Å². The summed E-state index contributed by atoms with van der Waals surface area (Å²) in [6, 6.07) is 4.12. The van der Waals surface area contributed by atoms with Crippen LogP contribution in [0.1, 0.15) is 26.7 Å². The summed E-state index contributed by atoms with van der Waals surface area (Å²) in [6.07, 6.45) is 3.58. The second-order valence-corrected chi connectivity index (χ2v) is 6.70. The summed E-state index contributed by atoms with van der Waals surface area (Å²) in [5.41, 5.74) is 0.956. The molecule has 1 amide bonds. The largest absolute Gasteiger partial charge is 0.354 e. The smallest absolute Gasteiger partial charge is 0.223 e. The molecule has 0 aliphatic carbocycles. The van der Waals surface area contributed by atoms with Crippen molar-refractivity contribution < 1.29 is 4.79 Å². The van der Waals surface area contributed by atoms with Crippen LogP contribution in [-0.4, -0.2) is 35.0 Å². The summed E-state index contributed by atoms with van der Waals surface area (Å²) >= 11 is 1.63. The zero-order valence-corrected chi connectivity index (χ0v) is 13.2. The van der Waals surface area contributed by atoms with E-state index < -0.39 is 0 Å². The van der Waals surface area contributed by atoms with E-state index in [1.165, 1.54) is 0 Å². The molecule has 1 aliphatic heterocycles. The van der Waals surface area contributed by atoms with Crippen molar-refractivity contribution in [3.8, 4) is 0 Å². The number of nitrogens with zero attached hydrogens (tertiary/aromatic N) is 3. The summed E-state index contributed by atoms with van der Waals surface area (Å²) in [5.74, 6) is 0.326. The fourth-order valence-corrected chi connectivity index (χ4v) is 3.59. The lowest BCUT2D eigenvalue weighted by Crippen LogP contribution is -2.42. The van der Waals surface area contributed by atoms with Crippen molar-refractivity contribution in [2.24, 2.45) is 5.92 Å². The van der Waals surface area contributed by atoms with Crippen LogP contribution in [0.25, 0.3) is 10.3 Å². The number of amides is 1. The first kappa shape index (κ1) is 14.3. The summed E-state index contributed by atoms with van der Waals surface area (Å²) in [4.78, 5) is 24.3. The number of pyridine rings is 1. The maximum atomic E-state index is 12.0. The van der Waals surface area contributed by atoms with Gasteiger partial charge in [-0.2, -0.15) is 0 Å². The molecule has 0 saturated carbocycles. The number of rotatable bonds is 3. The summed E-state index contributed by atoms with van der Waals surface area (Å²) in [7, 11) is 0. The Morgan fingerprint density at radius 3 is 2.86 bits per heavy atom. The minimum atomic E-state index is 0.135. The maximum Gasteiger partial charge on any atom is 0.223 e. The third kappa shape index (κ3) is 3.15. The van der Waals surface area contributed by atoms with Gasteiger partial charge >= 0.3 is 0 Å². The molecule has 1 N–H and O–H groups in total. The molecule has 0 aromatic carbocycles. The van der Waals surface area contributed by atoms with Gasteiger partial charge in [0.1, 0.15) is 10.3 Å². The molecule has 0 atom stereocenters. The first-order valence-electron chi connectivity index (χ1n) is 7.40. The number of hydrogen-bond acceptors (Lipinski definition) is 5. The summed E-state index contributed by atoms with van der Waals surface area (Å²) < 4.78 is 0. The van der Waals surface area contributed by atoms with E-state index in [1.54, 1.807) is 17.5 Å². The zero-order valence-electron chi connectivity index (χ0n) is 12.4. The molecule has 0 bridgehead atoms. The van der Waals surface area contributed by atoms with Gasteiger partial charge in [0.05, 0.1) is 0 Å². The molecule has 1 saturated heterocycles. The highest BCUT2D eigenvalue weighted by Crippen LogP contribution is 2.30. The van der Waals surface area contributed by atoms with Gasteiger partial charge in [0.15, 0.2) is 5.13 Å². The minimum Gasteiger partial charge on any atom is -0.354 e. The number of carbonyl (C=O) groups is 1. The standard InChI is InChI=1S/C15H20N4OS/c1-10(2)17-13(20)11-5-8-19(9-6-11)15-18-12-4-3-7-16-14(12)21-15/h3-4,7,10-11H,5-6,8-9H2,1-2H3,(H,17,20). The van der Waals surface area contributed by atoms with E-state index in [0.717, 1.165) is 41.4 Å². The Kier molecular flexibility index (Phi) is 4.05. The van der Waals surface area contributed by atoms with Gasteiger partial charge in [-0.05, 0) is 38.8 Å². The molecule has 0 spiro atoms. The molecule has 112 valence electrons. The highest BCUT2D eigenvalue weighted by Gasteiger charge is 2.26. The first-order valence-corrected chi connectivity index (χ1v) is 8.22. The highest BCUT2D eigenvalue weighted by molar-refractivity contribution is 7.21. The Morgan fingerprint density at radius 2 is 2.19 bits per heavy atom. The van der Waals surface area contributed by atoms with Gasteiger partial charge in [0, 0.05) is 31.2 Å². The number of fused-ring (bicyclic) bond motifs is 1. The van der Waals surface area contributed by atoms with Crippen molar-refractivity contribution in [1.29, 1.82) is 0 Å². The number of carbonyl (C=O) groups excluding carboxylic acids is 1. The van der Waals surface area contributed by atoms with E-state index in [-0.39, 0.29) is 17.9 Å². The van der Waals surface area contributed by atoms with Crippen LogP contribution in [0.5, 0.6) is 0 Å². The van der Waals surface area contributed by atoms with Crippen LogP contribution in [0, 0.1) is 5.92 Å². The Labute approximate surface area is 128 Å². The molecule has 2 aromatic heterocycles. The van der Waals surface area contributed by atoms with E-state index >= 15 is 0 Å². The zero-order chi connectivity index (χ0) is 14.8. The second kappa shape index (κ2) is 5.97. The van der Waals surface area contributed by atoms with E-state index in [4.69, 9.17) is 0 Å². The maximum absolute atomic E-state index is 12.0. The van der Waals surface area contributed by atoms with E-state index in [0.29, 0.717) is 0 Å². The van der Waals surface area contributed by atoms with Crippen LogP contribution in [-0.2, 0) is 4.79 Å². The number of thiazole rings is 1. The van der Waals surface area contributed by atoms with Crippen molar-refractivity contribution in [1.82, 2.24) is 15.3 Å². The Bertz CT molecular complexity index is 598. The number of aromatic nitrogens is 2. The third-order valence-corrected chi connectivity index (χ3v) is 4.76. The van der Waals surface area contributed by atoms with Crippen LogP contribution in [0.3, 0.4) is 0 Å². The summed E-state index contributed by atoms with van der Waals surface area (Å²) in [6.45, 7) is 5.77. The number of anilines is 1. The Hall–Kier alpha value is -1.69. The Balaban J connectivity index is 1.64. The van der Waals surface area contributed by atoms with E-state index in [1.807, 2.05) is 26.0 Å². The van der Waals surface area contributed by atoms with Crippen molar-refractivity contribution in [2.75, 3.05) is 18.0 Å². The lowest BCUT2D eigenvalue weighted by Gasteiger charge is -2.31.